The highest BCUT2D eigenvalue weighted by molar-refractivity contribution is 8.03. The zero-order valence-corrected chi connectivity index (χ0v) is 20.4. The number of rotatable bonds is 2. The van der Waals surface area contributed by atoms with Gasteiger partial charge in [0.25, 0.3) is 0 Å². The number of fused-ring (bicyclic) bond motifs is 1. The summed E-state index contributed by atoms with van der Waals surface area (Å²) in [5.74, 6) is 0. The molecule has 2 nitrogen and oxygen atoms in total. The summed E-state index contributed by atoms with van der Waals surface area (Å²) in [6.45, 7) is 8.51. The van der Waals surface area contributed by atoms with E-state index in [1.807, 2.05) is 11.8 Å². The lowest BCUT2D eigenvalue weighted by Gasteiger charge is -2.32. The van der Waals surface area contributed by atoms with Crippen molar-refractivity contribution >= 4 is 30.5 Å². The van der Waals surface area contributed by atoms with Crippen LogP contribution in [0.2, 0.25) is 0 Å². The highest BCUT2D eigenvalue weighted by Crippen LogP contribution is 2.45. The molecule has 0 radical (unpaired) electrons. The van der Waals surface area contributed by atoms with Gasteiger partial charge in [0.05, 0.1) is 11.2 Å². The number of hydrogen-bond donors (Lipinski definition) is 0. The summed E-state index contributed by atoms with van der Waals surface area (Å²) in [7, 11) is -0.266. The van der Waals surface area contributed by atoms with Gasteiger partial charge in [-0.2, -0.15) is 0 Å². The Bertz CT molecular complexity index is 1240. The molecule has 0 aromatic heterocycles. The van der Waals surface area contributed by atoms with Gasteiger partial charge in [-0.25, -0.2) is 0 Å². The maximum atomic E-state index is 6.34. The fourth-order valence-corrected chi connectivity index (χ4v) is 6.79. The largest absolute Gasteiger partial charge is 0.494 e. The normalized spacial score (nSPS) is 25.4. The topological polar surface area (TPSA) is 18.5 Å². The van der Waals surface area contributed by atoms with Crippen LogP contribution in [0.5, 0.6) is 0 Å². The predicted octanol–water partition coefficient (Wildman–Crippen LogP) is 5.77. The monoisotopic (exact) mass is 442 g/mol. The fraction of sp³-hybridized carbons (Fsp3) is 0.429. The molecular weight excluding hydrogens is 411 g/mol. The molecule has 5 aliphatic rings. The van der Waals surface area contributed by atoms with Gasteiger partial charge in [-0.1, -0.05) is 42.1 Å². The van der Waals surface area contributed by atoms with E-state index >= 15 is 0 Å². The highest BCUT2D eigenvalue weighted by Gasteiger charge is 2.52. The highest BCUT2D eigenvalue weighted by atomic mass is 32.2. The standard InChI is InChI=1S/C28H31BO2S/c1-27(2)28(3,4)31-29(30-27)21-11-5-10-19(16-21)20-14-15-22-23-12-6-8-18-9-7-13-24(26(18)23)32-25(22)17-20/h7-9,11,13,16-17H,5-6,10,12,14-15H2,1-4H3. The third-order valence-corrected chi connectivity index (χ3v) is 9.17. The summed E-state index contributed by atoms with van der Waals surface area (Å²) >= 11 is 1.97. The minimum absolute atomic E-state index is 0.266. The van der Waals surface area contributed by atoms with Gasteiger partial charge in [0.2, 0.25) is 0 Å². The molecule has 0 N–H and O–H groups in total. The quantitative estimate of drug-likeness (QED) is 0.542. The van der Waals surface area contributed by atoms with Crippen molar-refractivity contribution in [3.63, 3.8) is 0 Å². The van der Waals surface area contributed by atoms with E-state index in [9.17, 15) is 0 Å². The smallest absolute Gasteiger partial charge is 0.399 e. The minimum Gasteiger partial charge on any atom is -0.399 e. The maximum Gasteiger partial charge on any atom is 0.494 e. The van der Waals surface area contributed by atoms with E-state index < -0.39 is 0 Å². The van der Waals surface area contributed by atoms with Crippen molar-refractivity contribution in [2.24, 2.45) is 0 Å². The molecule has 0 amide bonds. The van der Waals surface area contributed by atoms with E-state index in [1.165, 1.54) is 43.3 Å². The second kappa shape index (κ2) is 7.38. The molecule has 0 atom stereocenters. The van der Waals surface area contributed by atoms with Gasteiger partial charge in [0.1, 0.15) is 0 Å². The lowest BCUT2D eigenvalue weighted by atomic mass is 9.72. The molecule has 2 aliphatic heterocycles. The molecule has 1 fully saturated rings. The number of hydrogen-bond acceptors (Lipinski definition) is 3. The Balaban J connectivity index is 1.33. The number of allylic oxidation sites excluding steroid dienone is 7. The van der Waals surface area contributed by atoms with Crippen molar-refractivity contribution in [2.45, 2.75) is 82.3 Å². The Hall–Kier alpha value is -1.75. The summed E-state index contributed by atoms with van der Waals surface area (Å²) < 4.78 is 12.7. The summed E-state index contributed by atoms with van der Waals surface area (Å²) in [5.41, 5.74) is 6.77. The summed E-state index contributed by atoms with van der Waals surface area (Å²) in [6, 6.07) is 6.79. The van der Waals surface area contributed by atoms with Gasteiger partial charge in [0.15, 0.2) is 0 Å². The first kappa shape index (κ1) is 20.8. The van der Waals surface area contributed by atoms with Crippen LogP contribution >= 0.6 is 11.8 Å². The zero-order valence-electron chi connectivity index (χ0n) is 19.6. The molecule has 2 heterocycles. The first-order valence-electron chi connectivity index (χ1n) is 12.0. The molecule has 1 aromatic carbocycles. The van der Waals surface area contributed by atoms with Crippen molar-refractivity contribution in [1.29, 1.82) is 0 Å². The second-order valence-electron chi connectivity index (χ2n) is 10.6. The Kier molecular flexibility index (Phi) is 4.80. The molecule has 4 heteroatoms. The van der Waals surface area contributed by atoms with E-state index in [0.29, 0.717) is 0 Å². The van der Waals surface area contributed by atoms with Crippen LogP contribution in [0, 0.1) is 0 Å². The number of benzene rings is 1. The van der Waals surface area contributed by atoms with Crippen LogP contribution in [0.1, 0.15) is 66.2 Å². The average Bonchev–Trinajstić information content (AvgIpc) is 3.01. The Morgan fingerprint density at radius 2 is 1.56 bits per heavy atom. The second-order valence-corrected chi connectivity index (χ2v) is 11.6. The molecule has 32 heavy (non-hydrogen) atoms. The first-order valence-corrected chi connectivity index (χ1v) is 12.8. The summed E-state index contributed by atoms with van der Waals surface area (Å²) in [4.78, 5) is 2.90. The van der Waals surface area contributed by atoms with Crippen molar-refractivity contribution in [3.8, 4) is 0 Å². The minimum atomic E-state index is -0.298. The summed E-state index contributed by atoms with van der Waals surface area (Å²) in [5, 5.41) is 2.95. The van der Waals surface area contributed by atoms with E-state index in [4.69, 9.17) is 9.31 Å². The van der Waals surface area contributed by atoms with E-state index in [-0.39, 0.29) is 18.3 Å². The molecule has 1 aromatic rings. The van der Waals surface area contributed by atoms with E-state index in [2.05, 4.69) is 70.2 Å². The Labute approximate surface area is 196 Å². The predicted molar refractivity (Wildman–Crippen MR) is 134 cm³/mol. The van der Waals surface area contributed by atoms with E-state index in [0.717, 1.165) is 32.1 Å². The van der Waals surface area contributed by atoms with Gasteiger partial charge in [-0.05, 0) is 117 Å². The third-order valence-electron chi connectivity index (χ3n) is 8.02. The Morgan fingerprint density at radius 1 is 0.812 bits per heavy atom. The zero-order chi connectivity index (χ0) is 22.1. The van der Waals surface area contributed by atoms with Crippen molar-refractivity contribution in [1.82, 2.24) is 0 Å². The van der Waals surface area contributed by atoms with Gasteiger partial charge < -0.3 is 9.31 Å². The SMILES string of the molecule is CC1(C)OB(C2=CCCC(C3=CC4=C(CC3)C3=c5c(cccc5=CCC3)S4)=C2)OC1(C)C. The number of thioether (sulfide) groups is 1. The third kappa shape index (κ3) is 3.26. The maximum absolute atomic E-state index is 6.34. The van der Waals surface area contributed by atoms with Gasteiger partial charge in [-0.15, -0.1) is 0 Å². The molecule has 164 valence electrons. The molecule has 0 bridgehead atoms. The van der Waals surface area contributed by atoms with Crippen LogP contribution in [0.4, 0.5) is 0 Å². The average molecular weight is 442 g/mol. The molecule has 0 saturated carbocycles. The van der Waals surface area contributed by atoms with Crippen LogP contribution in [0.25, 0.3) is 11.6 Å². The molecule has 1 saturated heterocycles. The van der Waals surface area contributed by atoms with Crippen molar-refractivity contribution < 1.29 is 9.31 Å². The molecule has 0 spiro atoms. The van der Waals surface area contributed by atoms with Crippen LogP contribution in [0.15, 0.2) is 68.4 Å². The van der Waals surface area contributed by atoms with Crippen molar-refractivity contribution in [2.75, 3.05) is 0 Å². The van der Waals surface area contributed by atoms with Crippen LogP contribution < -0.4 is 10.4 Å². The van der Waals surface area contributed by atoms with E-state index in [1.54, 1.807) is 11.1 Å². The van der Waals surface area contributed by atoms with Gasteiger partial charge in [0, 0.05) is 9.80 Å². The molecule has 0 unspecified atom stereocenters. The van der Waals surface area contributed by atoms with Crippen LogP contribution in [-0.2, 0) is 9.31 Å². The summed E-state index contributed by atoms with van der Waals surface area (Å²) in [6.07, 6.45) is 16.4. The van der Waals surface area contributed by atoms with Crippen LogP contribution in [-0.4, -0.2) is 18.3 Å². The fourth-order valence-electron chi connectivity index (χ4n) is 5.51. The first-order chi connectivity index (χ1) is 15.3. The van der Waals surface area contributed by atoms with Gasteiger partial charge in [-0.3, -0.25) is 0 Å². The van der Waals surface area contributed by atoms with Crippen molar-refractivity contribution in [3.05, 3.63) is 74.0 Å². The Morgan fingerprint density at radius 3 is 2.38 bits per heavy atom. The molecule has 6 rings (SSSR count). The molecular formula is C28H31BO2S. The molecule has 3 aliphatic carbocycles. The lowest BCUT2D eigenvalue weighted by Crippen LogP contribution is -2.41. The lowest BCUT2D eigenvalue weighted by molar-refractivity contribution is 0.00578. The van der Waals surface area contributed by atoms with Gasteiger partial charge >= 0.3 is 7.12 Å². The van der Waals surface area contributed by atoms with Crippen LogP contribution in [0.3, 0.4) is 0 Å².